The number of rotatable bonds is 3. The van der Waals surface area contributed by atoms with Crippen molar-refractivity contribution >= 4 is 5.78 Å². The lowest BCUT2D eigenvalue weighted by Gasteiger charge is -2.20. The fourth-order valence-corrected chi connectivity index (χ4v) is 2.32. The molecule has 0 saturated heterocycles. The number of aryl methyl sites for hydroxylation is 1. The smallest absolute Gasteiger partial charge is 0.168 e. The van der Waals surface area contributed by atoms with Crippen LogP contribution in [-0.2, 0) is 0 Å². The van der Waals surface area contributed by atoms with Crippen LogP contribution in [0.15, 0.2) is 36.4 Å². The van der Waals surface area contributed by atoms with E-state index in [0.29, 0.717) is 22.4 Å². The molecule has 0 unspecified atom stereocenters. The molecule has 3 heteroatoms. The van der Waals surface area contributed by atoms with Crippen LogP contribution in [0.3, 0.4) is 0 Å². The molecule has 0 fully saturated rings. The monoisotopic (exact) mass is 300 g/mol. The van der Waals surface area contributed by atoms with E-state index in [1.54, 1.807) is 18.2 Å². The Labute approximate surface area is 130 Å². The molecule has 0 atom stereocenters. The van der Waals surface area contributed by atoms with Crippen LogP contribution in [0.2, 0.25) is 0 Å². The third-order valence-corrected chi connectivity index (χ3v) is 3.56. The van der Waals surface area contributed by atoms with E-state index < -0.39 is 5.41 Å². The number of halogens is 1. The van der Waals surface area contributed by atoms with Gasteiger partial charge in [0, 0.05) is 16.5 Å². The van der Waals surface area contributed by atoms with Gasteiger partial charge in [-0.1, -0.05) is 38.5 Å². The molecule has 116 valence electrons. The maximum absolute atomic E-state index is 14.3. The molecule has 2 aromatic rings. The van der Waals surface area contributed by atoms with Crippen LogP contribution in [0, 0.1) is 18.2 Å². The maximum atomic E-state index is 14.3. The zero-order valence-electron chi connectivity index (χ0n) is 13.7. The second-order valence-electron chi connectivity index (χ2n) is 6.47. The lowest BCUT2D eigenvalue weighted by molar-refractivity contribution is 0.0859. The zero-order chi connectivity index (χ0) is 16.5. The van der Waals surface area contributed by atoms with Gasteiger partial charge in [0.1, 0.15) is 11.6 Å². The average Bonchev–Trinajstić information content (AvgIpc) is 2.46. The van der Waals surface area contributed by atoms with Crippen LogP contribution in [0.4, 0.5) is 4.39 Å². The SMILES string of the molecule is COc1ccc(F)c(-c2ccc(C)cc2C(=O)C(C)(C)C)c1. The van der Waals surface area contributed by atoms with Crippen molar-refractivity contribution in [1.29, 1.82) is 0 Å². The highest BCUT2D eigenvalue weighted by molar-refractivity contribution is 6.05. The fourth-order valence-electron chi connectivity index (χ4n) is 2.32. The quantitative estimate of drug-likeness (QED) is 0.742. The van der Waals surface area contributed by atoms with E-state index in [4.69, 9.17) is 4.74 Å². The second kappa shape index (κ2) is 5.91. The van der Waals surface area contributed by atoms with E-state index in [-0.39, 0.29) is 11.6 Å². The highest BCUT2D eigenvalue weighted by atomic mass is 19.1. The van der Waals surface area contributed by atoms with Gasteiger partial charge in [-0.3, -0.25) is 4.79 Å². The van der Waals surface area contributed by atoms with Gasteiger partial charge in [0.2, 0.25) is 0 Å². The van der Waals surface area contributed by atoms with Gasteiger partial charge in [-0.25, -0.2) is 4.39 Å². The summed E-state index contributed by atoms with van der Waals surface area (Å²) in [6, 6.07) is 10.1. The molecule has 0 heterocycles. The Morgan fingerprint density at radius 2 is 1.73 bits per heavy atom. The largest absolute Gasteiger partial charge is 0.497 e. The van der Waals surface area contributed by atoms with E-state index in [0.717, 1.165) is 5.56 Å². The van der Waals surface area contributed by atoms with Crippen LogP contribution in [-0.4, -0.2) is 12.9 Å². The summed E-state index contributed by atoms with van der Waals surface area (Å²) >= 11 is 0. The average molecular weight is 300 g/mol. The normalized spacial score (nSPS) is 11.4. The minimum atomic E-state index is -0.530. The number of methoxy groups -OCH3 is 1. The van der Waals surface area contributed by atoms with Crippen molar-refractivity contribution in [2.24, 2.45) is 5.41 Å². The van der Waals surface area contributed by atoms with Gasteiger partial charge in [-0.15, -0.1) is 0 Å². The molecule has 2 nitrogen and oxygen atoms in total. The van der Waals surface area contributed by atoms with Gasteiger partial charge in [0.05, 0.1) is 7.11 Å². The Morgan fingerprint density at radius 3 is 2.32 bits per heavy atom. The second-order valence-corrected chi connectivity index (χ2v) is 6.47. The number of ether oxygens (including phenoxy) is 1. The fraction of sp³-hybridized carbons (Fsp3) is 0.316. The lowest BCUT2D eigenvalue weighted by Crippen LogP contribution is -2.21. The summed E-state index contributed by atoms with van der Waals surface area (Å²) in [5.74, 6) is 0.187. The summed E-state index contributed by atoms with van der Waals surface area (Å²) in [4.78, 5) is 12.7. The number of hydrogen-bond acceptors (Lipinski definition) is 2. The minimum absolute atomic E-state index is 0.00609. The van der Waals surface area contributed by atoms with Crippen molar-refractivity contribution in [2.45, 2.75) is 27.7 Å². The van der Waals surface area contributed by atoms with Gasteiger partial charge < -0.3 is 4.74 Å². The van der Waals surface area contributed by atoms with Gasteiger partial charge in [-0.05, 0) is 36.8 Å². The summed E-state index contributed by atoms with van der Waals surface area (Å²) in [6.07, 6.45) is 0. The number of carbonyl (C=O) groups excluding carboxylic acids is 1. The Bertz CT molecular complexity index is 712. The number of Topliss-reactive ketones (excluding diaryl/α,β-unsaturated/α-hetero) is 1. The predicted octanol–water partition coefficient (Wildman–Crippen LogP) is 5.04. The van der Waals surface area contributed by atoms with E-state index in [2.05, 4.69) is 0 Å². The summed E-state index contributed by atoms with van der Waals surface area (Å²) < 4.78 is 19.4. The first-order valence-electron chi connectivity index (χ1n) is 7.23. The highest BCUT2D eigenvalue weighted by Crippen LogP contribution is 2.33. The first-order valence-corrected chi connectivity index (χ1v) is 7.23. The van der Waals surface area contributed by atoms with E-state index in [9.17, 15) is 9.18 Å². The van der Waals surface area contributed by atoms with Crippen molar-refractivity contribution in [1.82, 2.24) is 0 Å². The number of hydrogen-bond donors (Lipinski definition) is 0. The van der Waals surface area contributed by atoms with Crippen LogP contribution in [0.5, 0.6) is 5.75 Å². The molecule has 0 saturated carbocycles. The molecule has 22 heavy (non-hydrogen) atoms. The molecular formula is C19H21FO2. The zero-order valence-corrected chi connectivity index (χ0v) is 13.7. The van der Waals surface area contributed by atoms with Crippen LogP contribution in [0.25, 0.3) is 11.1 Å². The molecule has 0 aliphatic rings. The van der Waals surface area contributed by atoms with Crippen molar-refractivity contribution < 1.29 is 13.9 Å². The molecule has 0 bridgehead atoms. The molecule has 0 N–H and O–H groups in total. The summed E-state index contributed by atoms with van der Waals surface area (Å²) in [6.45, 7) is 7.52. The first kappa shape index (κ1) is 16.2. The van der Waals surface area contributed by atoms with Gasteiger partial charge in [0.15, 0.2) is 5.78 Å². The standard InChI is InChI=1S/C19H21FO2/c1-12-6-8-14(16(10-12)18(21)19(2,3)4)15-11-13(22-5)7-9-17(15)20/h6-11H,1-5H3. The van der Waals surface area contributed by atoms with Crippen LogP contribution >= 0.6 is 0 Å². The number of benzene rings is 2. The molecule has 0 amide bonds. The predicted molar refractivity (Wildman–Crippen MR) is 86.9 cm³/mol. The van der Waals surface area contributed by atoms with Gasteiger partial charge in [-0.2, -0.15) is 0 Å². The van der Waals surface area contributed by atoms with Gasteiger partial charge >= 0.3 is 0 Å². The van der Waals surface area contributed by atoms with Crippen molar-refractivity contribution in [3.63, 3.8) is 0 Å². The van der Waals surface area contributed by atoms with Crippen molar-refractivity contribution in [2.75, 3.05) is 7.11 Å². The van der Waals surface area contributed by atoms with Crippen molar-refractivity contribution in [3.05, 3.63) is 53.3 Å². The summed E-state index contributed by atoms with van der Waals surface area (Å²) in [7, 11) is 1.54. The number of ketones is 1. The molecular weight excluding hydrogens is 279 g/mol. The third-order valence-electron chi connectivity index (χ3n) is 3.56. The highest BCUT2D eigenvalue weighted by Gasteiger charge is 2.26. The minimum Gasteiger partial charge on any atom is -0.497 e. The lowest BCUT2D eigenvalue weighted by atomic mass is 9.82. The van der Waals surface area contributed by atoms with Gasteiger partial charge in [0.25, 0.3) is 0 Å². The number of carbonyl (C=O) groups is 1. The topological polar surface area (TPSA) is 26.3 Å². The third kappa shape index (κ3) is 3.19. The Hall–Kier alpha value is -2.16. The van der Waals surface area contributed by atoms with Crippen LogP contribution in [0.1, 0.15) is 36.7 Å². The summed E-state index contributed by atoms with van der Waals surface area (Å²) in [5, 5.41) is 0. The molecule has 0 aliphatic carbocycles. The van der Waals surface area contributed by atoms with E-state index >= 15 is 0 Å². The molecule has 0 aliphatic heterocycles. The molecule has 0 radical (unpaired) electrons. The van der Waals surface area contributed by atoms with Crippen LogP contribution < -0.4 is 4.74 Å². The maximum Gasteiger partial charge on any atom is 0.168 e. The first-order chi connectivity index (χ1) is 10.2. The Morgan fingerprint density at radius 1 is 1.05 bits per heavy atom. The van der Waals surface area contributed by atoms with E-state index in [1.165, 1.54) is 13.2 Å². The Kier molecular flexibility index (Phi) is 4.36. The molecule has 0 spiro atoms. The molecule has 0 aromatic heterocycles. The molecule has 2 aromatic carbocycles. The summed E-state index contributed by atoms with van der Waals surface area (Å²) in [5.41, 5.74) is 1.96. The van der Waals surface area contributed by atoms with E-state index in [1.807, 2.05) is 39.8 Å². The van der Waals surface area contributed by atoms with Crippen molar-refractivity contribution in [3.8, 4) is 16.9 Å². The molecule has 2 rings (SSSR count). The Balaban J connectivity index is 2.69.